The van der Waals surface area contributed by atoms with Crippen LogP contribution in [0.25, 0.3) is 0 Å². The van der Waals surface area contributed by atoms with E-state index in [1.807, 2.05) is 0 Å². The van der Waals surface area contributed by atoms with Crippen molar-refractivity contribution in [2.24, 2.45) is 0 Å². The predicted molar refractivity (Wildman–Crippen MR) is 85.2 cm³/mol. The van der Waals surface area contributed by atoms with Gasteiger partial charge in [-0.05, 0) is 33.5 Å². The molecule has 19 heavy (non-hydrogen) atoms. The number of likely N-dealkylation sites (N-methyl/N-ethyl adjacent to an activating group) is 1. The maximum Gasteiger partial charge on any atom is 0.185 e. The second-order valence-electron chi connectivity index (χ2n) is 5.09. The molecule has 0 radical (unpaired) electrons. The SMILES string of the molecule is CCCNCc1csc(N(CCC)CCN(C)C)n1. The number of hydrogen-bond acceptors (Lipinski definition) is 5. The average Bonchev–Trinajstić information content (AvgIpc) is 2.83. The lowest BCUT2D eigenvalue weighted by Gasteiger charge is -2.23. The maximum absolute atomic E-state index is 4.74. The molecule has 1 rings (SSSR count). The van der Waals surface area contributed by atoms with Gasteiger partial charge in [0.1, 0.15) is 0 Å². The van der Waals surface area contributed by atoms with Crippen LogP contribution in [0.3, 0.4) is 0 Å². The standard InChI is InChI=1S/C14H28N4S/c1-5-7-15-11-13-12-19-14(16-13)18(8-6-2)10-9-17(3)4/h12,15H,5-11H2,1-4H3. The summed E-state index contributed by atoms with van der Waals surface area (Å²) >= 11 is 1.76. The highest BCUT2D eigenvalue weighted by molar-refractivity contribution is 7.13. The van der Waals surface area contributed by atoms with E-state index in [0.717, 1.165) is 44.3 Å². The zero-order valence-electron chi connectivity index (χ0n) is 12.8. The van der Waals surface area contributed by atoms with E-state index in [0.29, 0.717) is 0 Å². The van der Waals surface area contributed by atoms with Crippen molar-refractivity contribution in [1.82, 2.24) is 15.2 Å². The van der Waals surface area contributed by atoms with Crippen molar-refractivity contribution in [1.29, 1.82) is 0 Å². The van der Waals surface area contributed by atoms with Crippen LogP contribution in [-0.4, -0.2) is 50.2 Å². The van der Waals surface area contributed by atoms with Crippen LogP contribution in [-0.2, 0) is 6.54 Å². The van der Waals surface area contributed by atoms with Crippen LogP contribution >= 0.6 is 11.3 Å². The van der Waals surface area contributed by atoms with E-state index in [2.05, 4.69) is 48.4 Å². The second-order valence-corrected chi connectivity index (χ2v) is 5.93. The van der Waals surface area contributed by atoms with Gasteiger partial charge in [0.15, 0.2) is 5.13 Å². The van der Waals surface area contributed by atoms with Crippen molar-refractivity contribution in [2.45, 2.75) is 33.2 Å². The Labute approximate surface area is 121 Å². The minimum atomic E-state index is 0.887. The van der Waals surface area contributed by atoms with Gasteiger partial charge in [0.25, 0.3) is 0 Å². The van der Waals surface area contributed by atoms with Gasteiger partial charge in [-0.2, -0.15) is 0 Å². The molecular formula is C14H28N4S. The van der Waals surface area contributed by atoms with Crippen molar-refractivity contribution in [3.8, 4) is 0 Å². The third kappa shape index (κ3) is 6.36. The lowest BCUT2D eigenvalue weighted by molar-refractivity contribution is 0.413. The first-order chi connectivity index (χ1) is 9.17. The summed E-state index contributed by atoms with van der Waals surface area (Å²) in [6, 6.07) is 0. The molecule has 0 aromatic carbocycles. The number of nitrogens with zero attached hydrogens (tertiary/aromatic N) is 3. The third-order valence-electron chi connectivity index (χ3n) is 2.85. The van der Waals surface area contributed by atoms with Crippen LogP contribution < -0.4 is 10.2 Å². The molecule has 110 valence electrons. The number of nitrogens with one attached hydrogen (secondary N) is 1. The lowest BCUT2D eigenvalue weighted by Crippen LogP contribution is -2.32. The van der Waals surface area contributed by atoms with E-state index in [-0.39, 0.29) is 0 Å². The van der Waals surface area contributed by atoms with Crippen LogP contribution in [0.5, 0.6) is 0 Å². The second kappa shape index (κ2) is 9.28. The van der Waals surface area contributed by atoms with E-state index in [4.69, 9.17) is 4.98 Å². The first-order valence-electron chi connectivity index (χ1n) is 7.22. The number of aromatic nitrogens is 1. The quantitative estimate of drug-likeness (QED) is 0.669. The Bertz CT molecular complexity index is 338. The van der Waals surface area contributed by atoms with E-state index < -0.39 is 0 Å². The predicted octanol–water partition coefficient (Wildman–Crippen LogP) is 2.42. The molecule has 1 aromatic heterocycles. The van der Waals surface area contributed by atoms with Gasteiger partial charge in [-0.25, -0.2) is 4.98 Å². The monoisotopic (exact) mass is 284 g/mol. The van der Waals surface area contributed by atoms with Crippen molar-refractivity contribution in [3.05, 3.63) is 11.1 Å². The maximum atomic E-state index is 4.74. The fraction of sp³-hybridized carbons (Fsp3) is 0.786. The van der Waals surface area contributed by atoms with Crippen LogP contribution in [0.1, 0.15) is 32.4 Å². The molecule has 0 aliphatic heterocycles. The summed E-state index contributed by atoms with van der Waals surface area (Å²) in [6.45, 7) is 9.57. The molecule has 1 heterocycles. The molecule has 0 saturated carbocycles. The smallest absolute Gasteiger partial charge is 0.185 e. The molecule has 1 N–H and O–H groups in total. The molecule has 0 fully saturated rings. The third-order valence-corrected chi connectivity index (χ3v) is 3.80. The number of hydrogen-bond donors (Lipinski definition) is 1. The lowest BCUT2D eigenvalue weighted by atomic mass is 10.4. The molecule has 0 spiro atoms. The Morgan fingerprint density at radius 1 is 1.16 bits per heavy atom. The van der Waals surface area contributed by atoms with E-state index in [9.17, 15) is 0 Å². The molecule has 0 unspecified atom stereocenters. The first-order valence-corrected chi connectivity index (χ1v) is 8.10. The summed E-state index contributed by atoms with van der Waals surface area (Å²) in [6.07, 6.45) is 2.33. The minimum Gasteiger partial charge on any atom is -0.347 e. The molecule has 0 bridgehead atoms. The van der Waals surface area contributed by atoms with Crippen LogP contribution in [0, 0.1) is 0 Å². The van der Waals surface area contributed by atoms with Crippen LogP contribution in [0.4, 0.5) is 5.13 Å². The highest BCUT2D eigenvalue weighted by atomic mass is 32.1. The highest BCUT2D eigenvalue weighted by Gasteiger charge is 2.10. The van der Waals surface area contributed by atoms with Crippen molar-refractivity contribution in [3.63, 3.8) is 0 Å². The highest BCUT2D eigenvalue weighted by Crippen LogP contribution is 2.20. The molecular weight excluding hydrogens is 256 g/mol. The number of thiazole rings is 1. The summed E-state index contributed by atoms with van der Waals surface area (Å²) in [5, 5.41) is 6.74. The number of rotatable bonds is 10. The Morgan fingerprint density at radius 3 is 2.58 bits per heavy atom. The fourth-order valence-corrected chi connectivity index (χ4v) is 2.69. The molecule has 0 atom stereocenters. The molecule has 4 nitrogen and oxygen atoms in total. The Morgan fingerprint density at radius 2 is 1.95 bits per heavy atom. The van der Waals surface area contributed by atoms with Gasteiger partial charge in [-0.3, -0.25) is 0 Å². The topological polar surface area (TPSA) is 31.4 Å². The van der Waals surface area contributed by atoms with Gasteiger partial charge in [0.2, 0.25) is 0 Å². The Balaban J connectivity index is 2.53. The summed E-state index contributed by atoms with van der Waals surface area (Å²) in [5.74, 6) is 0. The number of anilines is 1. The van der Waals surface area contributed by atoms with Crippen LogP contribution in [0.15, 0.2) is 5.38 Å². The molecule has 0 aliphatic rings. The van der Waals surface area contributed by atoms with Gasteiger partial charge in [-0.15, -0.1) is 11.3 Å². The summed E-state index contributed by atoms with van der Waals surface area (Å²) in [5.41, 5.74) is 1.17. The fourth-order valence-electron chi connectivity index (χ4n) is 1.81. The largest absolute Gasteiger partial charge is 0.347 e. The van der Waals surface area contributed by atoms with Gasteiger partial charge in [0, 0.05) is 31.6 Å². The summed E-state index contributed by atoms with van der Waals surface area (Å²) in [7, 11) is 4.23. The summed E-state index contributed by atoms with van der Waals surface area (Å²) < 4.78 is 0. The van der Waals surface area contributed by atoms with Gasteiger partial charge < -0.3 is 15.1 Å². The summed E-state index contributed by atoms with van der Waals surface area (Å²) in [4.78, 5) is 9.36. The zero-order valence-corrected chi connectivity index (χ0v) is 13.6. The molecule has 0 saturated heterocycles. The molecule has 0 amide bonds. The zero-order chi connectivity index (χ0) is 14.1. The average molecular weight is 284 g/mol. The van der Waals surface area contributed by atoms with E-state index in [1.165, 1.54) is 12.1 Å². The van der Waals surface area contributed by atoms with Gasteiger partial charge in [0.05, 0.1) is 5.69 Å². The van der Waals surface area contributed by atoms with Crippen molar-refractivity contribution in [2.75, 3.05) is 45.2 Å². The van der Waals surface area contributed by atoms with Gasteiger partial charge >= 0.3 is 0 Å². The Kier molecular flexibility index (Phi) is 8.02. The molecule has 5 heteroatoms. The molecule has 1 aromatic rings. The van der Waals surface area contributed by atoms with Crippen LogP contribution in [0.2, 0.25) is 0 Å². The van der Waals surface area contributed by atoms with Gasteiger partial charge in [-0.1, -0.05) is 13.8 Å². The Hall–Kier alpha value is -0.650. The van der Waals surface area contributed by atoms with Crippen molar-refractivity contribution < 1.29 is 0 Å². The van der Waals surface area contributed by atoms with E-state index in [1.54, 1.807) is 11.3 Å². The first kappa shape index (κ1) is 16.4. The van der Waals surface area contributed by atoms with E-state index >= 15 is 0 Å². The molecule has 0 aliphatic carbocycles. The normalized spacial score (nSPS) is 11.2. The minimum absolute atomic E-state index is 0.887. The van der Waals surface area contributed by atoms with Crippen molar-refractivity contribution >= 4 is 16.5 Å².